The largest absolute Gasteiger partial charge is 0.505 e. The Bertz CT molecular complexity index is 465. The first-order valence-electron chi connectivity index (χ1n) is 6.61. The van der Waals surface area contributed by atoms with Crippen molar-refractivity contribution in [3.05, 3.63) is 23.8 Å². The van der Waals surface area contributed by atoms with Gasteiger partial charge in [0.05, 0.1) is 11.3 Å². The van der Waals surface area contributed by atoms with Crippen molar-refractivity contribution < 1.29 is 9.90 Å². The van der Waals surface area contributed by atoms with Crippen molar-refractivity contribution in [2.75, 3.05) is 11.5 Å². The number of carbonyl (C=O) groups excluding carboxylic acids is 1. The second-order valence-electron chi connectivity index (χ2n) is 4.80. The first kappa shape index (κ1) is 14.1. The number of para-hydroxylation sites is 1. The van der Waals surface area contributed by atoms with Crippen LogP contribution in [-0.2, 0) is 0 Å². The normalized spacial score (nSPS) is 22.4. The van der Waals surface area contributed by atoms with E-state index in [0.29, 0.717) is 5.25 Å². The van der Waals surface area contributed by atoms with Gasteiger partial charge in [-0.25, -0.2) is 0 Å². The van der Waals surface area contributed by atoms with Crippen molar-refractivity contribution in [2.45, 2.75) is 37.5 Å². The number of rotatable bonds is 4. The summed E-state index contributed by atoms with van der Waals surface area (Å²) in [5.41, 5.74) is 6.09. The highest BCUT2D eigenvalue weighted by atomic mass is 32.2. The predicted molar refractivity (Wildman–Crippen MR) is 79.5 cm³/mol. The van der Waals surface area contributed by atoms with Crippen molar-refractivity contribution >= 4 is 23.4 Å². The SMILES string of the molecule is CCSC1CCC(NC(=O)c2cccc(N)c2O)C1. The maximum Gasteiger partial charge on any atom is 0.255 e. The van der Waals surface area contributed by atoms with Crippen LogP contribution in [0.1, 0.15) is 36.5 Å². The zero-order valence-corrected chi connectivity index (χ0v) is 11.9. The minimum Gasteiger partial charge on any atom is -0.505 e. The number of thioether (sulfide) groups is 1. The Kier molecular flexibility index (Phi) is 4.58. The third-order valence-electron chi connectivity index (χ3n) is 3.43. The second kappa shape index (κ2) is 6.19. The lowest BCUT2D eigenvalue weighted by atomic mass is 10.1. The molecule has 4 N–H and O–H groups in total. The van der Waals surface area contributed by atoms with E-state index in [9.17, 15) is 9.90 Å². The number of aromatic hydroxyl groups is 1. The molecule has 4 nitrogen and oxygen atoms in total. The quantitative estimate of drug-likeness (QED) is 0.584. The molecule has 0 spiro atoms. The van der Waals surface area contributed by atoms with Gasteiger partial charge in [-0.3, -0.25) is 4.79 Å². The Morgan fingerprint density at radius 3 is 3.05 bits per heavy atom. The first-order chi connectivity index (χ1) is 9.11. The summed E-state index contributed by atoms with van der Waals surface area (Å²) in [7, 11) is 0. The number of hydrogen-bond acceptors (Lipinski definition) is 4. The smallest absolute Gasteiger partial charge is 0.255 e. The van der Waals surface area contributed by atoms with Crippen LogP contribution in [0, 0.1) is 0 Å². The molecule has 1 aromatic carbocycles. The van der Waals surface area contributed by atoms with Crippen LogP contribution >= 0.6 is 11.8 Å². The fourth-order valence-corrected chi connectivity index (χ4v) is 3.61. The number of benzene rings is 1. The van der Waals surface area contributed by atoms with E-state index < -0.39 is 0 Å². The molecule has 0 aliphatic heterocycles. The summed E-state index contributed by atoms with van der Waals surface area (Å²) in [4.78, 5) is 12.1. The molecule has 0 saturated heterocycles. The van der Waals surface area contributed by atoms with Crippen molar-refractivity contribution in [1.82, 2.24) is 5.32 Å². The van der Waals surface area contributed by atoms with Gasteiger partial charge in [-0.2, -0.15) is 11.8 Å². The zero-order chi connectivity index (χ0) is 13.8. The summed E-state index contributed by atoms with van der Waals surface area (Å²) in [6.07, 6.45) is 3.16. The van der Waals surface area contributed by atoms with Gasteiger partial charge < -0.3 is 16.2 Å². The number of nitrogens with one attached hydrogen (secondary N) is 1. The minimum atomic E-state index is -0.239. The van der Waals surface area contributed by atoms with E-state index in [-0.39, 0.29) is 28.9 Å². The lowest BCUT2D eigenvalue weighted by Gasteiger charge is -2.14. The summed E-state index contributed by atoms with van der Waals surface area (Å²) < 4.78 is 0. The van der Waals surface area contributed by atoms with E-state index >= 15 is 0 Å². The Morgan fingerprint density at radius 2 is 2.32 bits per heavy atom. The van der Waals surface area contributed by atoms with Gasteiger partial charge in [0.15, 0.2) is 5.75 Å². The summed E-state index contributed by atoms with van der Waals surface area (Å²) in [6.45, 7) is 2.15. The summed E-state index contributed by atoms with van der Waals surface area (Å²) in [5.74, 6) is 0.746. The monoisotopic (exact) mass is 280 g/mol. The molecular formula is C14H20N2O2S. The molecule has 2 atom stereocenters. The first-order valence-corrected chi connectivity index (χ1v) is 7.66. The Balaban J connectivity index is 1.97. The van der Waals surface area contributed by atoms with Gasteiger partial charge in [0.1, 0.15) is 0 Å². The molecule has 2 unspecified atom stereocenters. The highest BCUT2D eigenvalue weighted by Crippen LogP contribution is 2.30. The van der Waals surface area contributed by atoms with E-state index in [1.807, 2.05) is 11.8 Å². The Morgan fingerprint density at radius 1 is 1.53 bits per heavy atom. The van der Waals surface area contributed by atoms with Crippen molar-refractivity contribution in [2.24, 2.45) is 0 Å². The highest BCUT2D eigenvalue weighted by molar-refractivity contribution is 7.99. The molecule has 1 amide bonds. The molecule has 0 aromatic heterocycles. The van der Waals surface area contributed by atoms with Crippen LogP contribution in [0.4, 0.5) is 5.69 Å². The number of nitrogen functional groups attached to an aromatic ring is 1. The molecule has 19 heavy (non-hydrogen) atoms. The van der Waals surface area contributed by atoms with Crippen molar-refractivity contribution in [3.8, 4) is 5.75 Å². The van der Waals surface area contributed by atoms with Crippen LogP contribution in [0.15, 0.2) is 18.2 Å². The van der Waals surface area contributed by atoms with Gasteiger partial charge in [0.2, 0.25) is 0 Å². The summed E-state index contributed by atoms with van der Waals surface area (Å²) in [5, 5.41) is 13.4. The minimum absolute atomic E-state index is 0.127. The van der Waals surface area contributed by atoms with Gasteiger partial charge in [0.25, 0.3) is 5.91 Å². The average molecular weight is 280 g/mol. The third-order valence-corrected chi connectivity index (χ3v) is 4.67. The van der Waals surface area contributed by atoms with Crippen LogP contribution in [0.25, 0.3) is 0 Å². The average Bonchev–Trinajstić information content (AvgIpc) is 2.80. The lowest BCUT2D eigenvalue weighted by molar-refractivity contribution is 0.0935. The molecule has 5 heteroatoms. The fraction of sp³-hybridized carbons (Fsp3) is 0.500. The number of nitrogens with two attached hydrogens (primary N) is 1. The fourth-order valence-electron chi connectivity index (χ4n) is 2.47. The Labute approximate surface area is 117 Å². The van der Waals surface area contributed by atoms with Gasteiger partial charge in [-0.15, -0.1) is 0 Å². The second-order valence-corrected chi connectivity index (χ2v) is 6.38. The van der Waals surface area contributed by atoms with E-state index in [2.05, 4.69) is 12.2 Å². The van der Waals surface area contributed by atoms with E-state index in [1.54, 1.807) is 18.2 Å². The molecule has 0 heterocycles. The molecule has 2 rings (SSSR count). The van der Waals surface area contributed by atoms with Crippen LogP contribution < -0.4 is 11.1 Å². The van der Waals surface area contributed by atoms with Crippen LogP contribution in [0.5, 0.6) is 5.75 Å². The molecule has 104 valence electrons. The number of amides is 1. The molecular weight excluding hydrogens is 260 g/mol. The zero-order valence-electron chi connectivity index (χ0n) is 11.1. The van der Waals surface area contributed by atoms with Crippen LogP contribution in [0.3, 0.4) is 0 Å². The maximum atomic E-state index is 12.1. The third kappa shape index (κ3) is 3.35. The number of phenolic OH excluding ortho intramolecular Hbond substituents is 1. The van der Waals surface area contributed by atoms with Crippen LogP contribution in [0.2, 0.25) is 0 Å². The molecule has 1 aromatic rings. The number of carbonyl (C=O) groups is 1. The number of anilines is 1. The molecule has 0 bridgehead atoms. The topological polar surface area (TPSA) is 75.4 Å². The van der Waals surface area contributed by atoms with E-state index in [4.69, 9.17) is 5.73 Å². The molecule has 1 fully saturated rings. The molecule has 0 radical (unpaired) electrons. The Hall–Kier alpha value is -1.36. The molecule has 1 aliphatic rings. The van der Waals surface area contributed by atoms with Gasteiger partial charge in [0, 0.05) is 11.3 Å². The lowest BCUT2D eigenvalue weighted by Crippen LogP contribution is -2.33. The van der Waals surface area contributed by atoms with E-state index in [1.165, 1.54) is 0 Å². The molecule has 1 saturated carbocycles. The summed E-state index contributed by atoms with van der Waals surface area (Å²) >= 11 is 1.95. The van der Waals surface area contributed by atoms with Gasteiger partial charge >= 0.3 is 0 Å². The van der Waals surface area contributed by atoms with E-state index in [0.717, 1.165) is 25.0 Å². The predicted octanol–water partition coefficient (Wildman–Crippen LogP) is 2.38. The van der Waals surface area contributed by atoms with Crippen molar-refractivity contribution in [3.63, 3.8) is 0 Å². The van der Waals surface area contributed by atoms with Gasteiger partial charge in [-0.05, 0) is 37.1 Å². The highest BCUT2D eigenvalue weighted by Gasteiger charge is 2.26. The van der Waals surface area contributed by atoms with Crippen LogP contribution in [-0.4, -0.2) is 28.1 Å². The summed E-state index contributed by atoms with van der Waals surface area (Å²) in [6, 6.07) is 5.05. The van der Waals surface area contributed by atoms with Gasteiger partial charge in [-0.1, -0.05) is 13.0 Å². The molecule has 1 aliphatic carbocycles. The van der Waals surface area contributed by atoms with Crippen molar-refractivity contribution in [1.29, 1.82) is 0 Å². The maximum absolute atomic E-state index is 12.1. The number of hydrogen-bond donors (Lipinski definition) is 3. The standard InChI is InChI=1S/C14H20N2O2S/c1-2-19-10-7-6-9(8-10)16-14(18)11-4-3-5-12(15)13(11)17/h3-5,9-10,17H,2,6-8,15H2,1H3,(H,16,18). The number of phenols is 1.